The number of hydrogen-bond acceptors (Lipinski definition) is 2. The molecule has 136 valence electrons. The first-order chi connectivity index (χ1) is 10.8. The molecule has 1 aromatic rings. The van der Waals surface area contributed by atoms with Gasteiger partial charge in [0.1, 0.15) is 5.82 Å². The van der Waals surface area contributed by atoms with E-state index in [1.54, 1.807) is 6.07 Å². The van der Waals surface area contributed by atoms with Crippen molar-refractivity contribution in [2.45, 2.75) is 83.8 Å². The minimum atomic E-state index is -1.80. The fourth-order valence-corrected chi connectivity index (χ4v) is 4.61. The van der Waals surface area contributed by atoms with E-state index in [2.05, 4.69) is 59.5 Å². The van der Waals surface area contributed by atoms with Gasteiger partial charge in [-0.1, -0.05) is 32.9 Å². The second-order valence-electron chi connectivity index (χ2n) is 9.63. The lowest BCUT2D eigenvalue weighted by Gasteiger charge is -2.39. The van der Waals surface area contributed by atoms with E-state index < -0.39 is 8.32 Å². The molecular weight excluding hydrogens is 317 g/mol. The summed E-state index contributed by atoms with van der Waals surface area (Å²) in [4.78, 5) is 2.47. The summed E-state index contributed by atoms with van der Waals surface area (Å²) in [6, 6.07) is 7.27. The van der Waals surface area contributed by atoms with Crippen LogP contribution in [0.15, 0.2) is 24.3 Å². The summed E-state index contributed by atoms with van der Waals surface area (Å²) in [6.45, 7) is 19.1. The van der Waals surface area contributed by atoms with Gasteiger partial charge in [0.05, 0.1) is 6.10 Å². The minimum absolute atomic E-state index is 0.0303. The molecule has 2 rings (SSSR count). The van der Waals surface area contributed by atoms with E-state index in [1.807, 2.05) is 12.1 Å². The molecule has 0 saturated carbocycles. The van der Waals surface area contributed by atoms with Crippen LogP contribution in [0, 0.1) is 5.82 Å². The lowest BCUT2D eigenvalue weighted by Crippen LogP contribution is -2.46. The van der Waals surface area contributed by atoms with E-state index in [1.165, 1.54) is 6.07 Å². The summed E-state index contributed by atoms with van der Waals surface area (Å²) in [5.74, 6) is -0.157. The van der Waals surface area contributed by atoms with Gasteiger partial charge in [-0.2, -0.15) is 0 Å². The van der Waals surface area contributed by atoms with Crippen molar-refractivity contribution in [1.82, 2.24) is 4.90 Å². The van der Waals surface area contributed by atoms with Crippen LogP contribution >= 0.6 is 0 Å². The van der Waals surface area contributed by atoms with Crippen molar-refractivity contribution in [3.63, 3.8) is 0 Å². The summed E-state index contributed by atoms with van der Waals surface area (Å²) in [5.41, 5.74) is 1.09. The zero-order valence-electron chi connectivity index (χ0n) is 16.6. The molecule has 1 unspecified atom stereocenters. The molecule has 1 aliphatic rings. The maximum atomic E-state index is 13.7. The van der Waals surface area contributed by atoms with Crippen molar-refractivity contribution >= 4 is 8.32 Å². The molecule has 0 amide bonds. The predicted octanol–water partition coefficient (Wildman–Crippen LogP) is 5.76. The van der Waals surface area contributed by atoms with E-state index in [-0.39, 0.29) is 28.5 Å². The molecular formula is C20H34FNOSi. The second kappa shape index (κ2) is 6.54. The number of nitrogens with zero attached hydrogens (tertiary/aromatic N) is 1. The van der Waals surface area contributed by atoms with Gasteiger partial charge in [-0.05, 0) is 63.0 Å². The molecule has 0 spiro atoms. The maximum absolute atomic E-state index is 13.7. The van der Waals surface area contributed by atoms with Gasteiger partial charge < -0.3 is 4.43 Å². The number of likely N-dealkylation sites (tertiary alicyclic amines) is 1. The standard InChI is InChI=1S/C20H34FNOSi/c1-19(2,3)22-14-17(23-24(7,8)20(4,5)6)13-18(22)15-10-9-11-16(21)12-15/h9-12,17-18H,13-14H2,1-8H3/t17-,18?/m1/s1. The third-order valence-corrected chi connectivity index (χ3v) is 10.2. The van der Waals surface area contributed by atoms with Crippen molar-refractivity contribution in [1.29, 1.82) is 0 Å². The monoisotopic (exact) mass is 351 g/mol. The minimum Gasteiger partial charge on any atom is -0.413 e. The number of benzene rings is 1. The lowest BCUT2D eigenvalue weighted by molar-refractivity contribution is 0.106. The van der Waals surface area contributed by atoms with Crippen LogP contribution in [0.5, 0.6) is 0 Å². The molecule has 0 aromatic heterocycles. The summed E-state index contributed by atoms with van der Waals surface area (Å²) >= 11 is 0. The first-order valence-electron chi connectivity index (χ1n) is 9.01. The van der Waals surface area contributed by atoms with E-state index in [4.69, 9.17) is 4.43 Å². The first-order valence-corrected chi connectivity index (χ1v) is 11.9. The zero-order valence-corrected chi connectivity index (χ0v) is 17.6. The Morgan fingerprint density at radius 3 is 2.25 bits per heavy atom. The Kier molecular flexibility index (Phi) is 5.35. The Balaban J connectivity index is 2.25. The third kappa shape index (κ3) is 4.27. The van der Waals surface area contributed by atoms with Crippen LogP contribution < -0.4 is 0 Å². The molecule has 0 aliphatic carbocycles. The molecule has 4 heteroatoms. The summed E-state index contributed by atoms with van der Waals surface area (Å²) in [6.07, 6.45) is 1.16. The van der Waals surface area contributed by atoms with Crippen molar-refractivity contribution < 1.29 is 8.82 Å². The van der Waals surface area contributed by atoms with Gasteiger partial charge >= 0.3 is 0 Å². The maximum Gasteiger partial charge on any atom is 0.192 e. The second-order valence-corrected chi connectivity index (χ2v) is 14.4. The van der Waals surface area contributed by atoms with Gasteiger partial charge in [0, 0.05) is 18.1 Å². The van der Waals surface area contributed by atoms with Crippen LogP contribution in [-0.2, 0) is 4.43 Å². The summed E-state index contributed by atoms with van der Waals surface area (Å²) < 4.78 is 20.4. The van der Waals surface area contributed by atoms with Gasteiger partial charge in [0.2, 0.25) is 0 Å². The van der Waals surface area contributed by atoms with Crippen LogP contribution in [0.3, 0.4) is 0 Å². The summed E-state index contributed by atoms with van der Waals surface area (Å²) in [5, 5.41) is 0.205. The highest BCUT2D eigenvalue weighted by Gasteiger charge is 2.45. The van der Waals surface area contributed by atoms with Crippen LogP contribution in [0.4, 0.5) is 4.39 Å². The largest absolute Gasteiger partial charge is 0.413 e. The molecule has 0 N–H and O–H groups in total. The van der Waals surface area contributed by atoms with Gasteiger partial charge in [-0.25, -0.2) is 4.39 Å². The van der Waals surface area contributed by atoms with Crippen LogP contribution in [-0.4, -0.2) is 31.4 Å². The van der Waals surface area contributed by atoms with Gasteiger partial charge in [0.15, 0.2) is 8.32 Å². The van der Waals surface area contributed by atoms with Gasteiger partial charge in [-0.3, -0.25) is 4.90 Å². The zero-order chi connectivity index (χ0) is 18.3. The number of halogens is 1. The SMILES string of the molecule is CC(C)(C)N1C[C@H](O[Si](C)(C)C(C)(C)C)CC1c1cccc(F)c1. The van der Waals surface area contributed by atoms with Crippen molar-refractivity contribution in [3.05, 3.63) is 35.6 Å². The number of hydrogen-bond donors (Lipinski definition) is 0. The number of rotatable bonds is 3. The molecule has 2 nitrogen and oxygen atoms in total. The Labute approximate surface area is 148 Å². The highest BCUT2D eigenvalue weighted by atomic mass is 28.4. The Bertz CT molecular complexity index is 574. The van der Waals surface area contributed by atoms with Gasteiger partial charge in [-0.15, -0.1) is 0 Å². The normalized spacial score (nSPS) is 23.7. The molecule has 1 heterocycles. The van der Waals surface area contributed by atoms with Crippen LogP contribution in [0.25, 0.3) is 0 Å². The molecule has 1 aromatic carbocycles. The highest BCUT2D eigenvalue weighted by Crippen LogP contribution is 2.43. The van der Waals surface area contributed by atoms with E-state index in [0.717, 1.165) is 18.5 Å². The molecule has 2 atom stereocenters. The Hall–Kier alpha value is -0.713. The van der Waals surface area contributed by atoms with E-state index in [9.17, 15) is 4.39 Å². The van der Waals surface area contributed by atoms with Crippen molar-refractivity contribution in [2.75, 3.05) is 6.54 Å². The molecule has 1 aliphatic heterocycles. The molecule has 24 heavy (non-hydrogen) atoms. The van der Waals surface area contributed by atoms with Crippen molar-refractivity contribution in [3.8, 4) is 0 Å². The molecule has 1 fully saturated rings. The summed E-state index contributed by atoms with van der Waals surface area (Å²) in [7, 11) is -1.80. The Morgan fingerprint density at radius 1 is 1.12 bits per heavy atom. The molecule has 0 radical (unpaired) electrons. The quantitative estimate of drug-likeness (QED) is 0.642. The third-order valence-electron chi connectivity index (χ3n) is 5.63. The molecule has 1 saturated heterocycles. The van der Waals surface area contributed by atoms with Crippen LogP contribution in [0.2, 0.25) is 18.1 Å². The highest BCUT2D eigenvalue weighted by molar-refractivity contribution is 6.74. The topological polar surface area (TPSA) is 12.5 Å². The first kappa shape index (κ1) is 19.6. The van der Waals surface area contributed by atoms with E-state index >= 15 is 0 Å². The Morgan fingerprint density at radius 2 is 1.75 bits per heavy atom. The van der Waals surface area contributed by atoms with Crippen molar-refractivity contribution in [2.24, 2.45) is 0 Å². The predicted molar refractivity (Wildman–Crippen MR) is 102 cm³/mol. The van der Waals surface area contributed by atoms with E-state index in [0.29, 0.717) is 0 Å². The van der Waals surface area contributed by atoms with Gasteiger partial charge in [0.25, 0.3) is 0 Å². The molecule has 0 bridgehead atoms. The fourth-order valence-electron chi connectivity index (χ4n) is 3.25. The lowest BCUT2D eigenvalue weighted by atomic mass is 9.99. The smallest absolute Gasteiger partial charge is 0.192 e. The average Bonchev–Trinajstić information content (AvgIpc) is 2.80. The van der Waals surface area contributed by atoms with Crippen LogP contribution in [0.1, 0.15) is 59.6 Å². The average molecular weight is 352 g/mol. The fraction of sp³-hybridized carbons (Fsp3) is 0.700.